The maximum Gasteiger partial charge on any atom is 0.261 e. The molecule has 0 fully saturated rings. The molecule has 4 rings (SSSR count). The third kappa shape index (κ3) is 3.75. The van der Waals surface area contributed by atoms with Crippen molar-refractivity contribution in [3.63, 3.8) is 0 Å². The lowest BCUT2D eigenvalue weighted by molar-refractivity contribution is 0.0942. The van der Waals surface area contributed by atoms with Crippen LogP contribution >= 0.6 is 11.3 Å². The van der Waals surface area contributed by atoms with Gasteiger partial charge >= 0.3 is 0 Å². The number of hydrogen-bond donors (Lipinski definition) is 2. The van der Waals surface area contributed by atoms with Crippen LogP contribution in [-0.2, 0) is 19.4 Å². The minimum Gasteiger partial charge on any atom is -0.347 e. The van der Waals surface area contributed by atoms with Crippen LogP contribution in [0, 0.1) is 13.8 Å². The van der Waals surface area contributed by atoms with E-state index in [0.717, 1.165) is 47.5 Å². The van der Waals surface area contributed by atoms with Gasteiger partial charge in [-0.25, -0.2) is 0 Å². The number of carbonyl (C=O) groups is 1. The van der Waals surface area contributed by atoms with Crippen LogP contribution in [0.4, 0.5) is 0 Å². The van der Waals surface area contributed by atoms with Crippen LogP contribution in [0.2, 0.25) is 0 Å². The lowest BCUT2D eigenvalue weighted by Crippen LogP contribution is -2.41. The van der Waals surface area contributed by atoms with Gasteiger partial charge in [-0.2, -0.15) is 5.10 Å². The molecule has 28 heavy (non-hydrogen) atoms. The molecule has 5 nitrogen and oxygen atoms in total. The molecule has 146 valence electrons. The predicted octanol–water partition coefficient (Wildman–Crippen LogP) is 3.47. The third-order valence-electron chi connectivity index (χ3n) is 5.27. The van der Waals surface area contributed by atoms with Crippen LogP contribution in [0.1, 0.15) is 37.7 Å². The molecule has 3 heterocycles. The SMILES string of the molecule is Cc1cccc(C[C@@H](CN)NC(=O)c2cc3c(s2)CCCn2ncc(C)c2-3)c1. The second-order valence-corrected chi connectivity index (χ2v) is 8.69. The summed E-state index contributed by atoms with van der Waals surface area (Å²) < 4.78 is 2.07. The number of aromatic nitrogens is 2. The molecule has 0 spiro atoms. The van der Waals surface area contributed by atoms with Crippen LogP contribution in [0.5, 0.6) is 0 Å². The topological polar surface area (TPSA) is 72.9 Å². The molecule has 3 N–H and O–H groups in total. The number of nitrogens with zero attached hydrogens (tertiary/aromatic N) is 2. The first-order valence-corrected chi connectivity index (χ1v) is 10.6. The Labute approximate surface area is 169 Å². The van der Waals surface area contributed by atoms with E-state index in [1.807, 2.05) is 18.3 Å². The normalized spacial score (nSPS) is 14.1. The molecule has 6 heteroatoms. The van der Waals surface area contributed by atoms with E-state index in [2.05, 4.69) is 47.1 Å². The fraction of sp³-hybridized carbons (Fsp3) is 0.364. The van der Waals surface area contributed by atoms with Gasteiger partial charge in [0, 0.05) is 29.6 Å². The molecular formula is C22H26N4OS. The molecule has 1 amide bonds. The Balaban J connectivity index is 1.54. The number of carbonyl (C=O) groups excluding carboxylic acids is 1. The molecule has 3 aromatic rings. The fourth-order valence-corrected chi connectivity index (χ4v) is 5.00. The van der Waals surface area contributed by atoms with Crippen molar-refractivity contribution in [1.29, 1.82) is 0 Å². The summed E-state index contributed by atoms with van der Waals surface area (Å²) in [6.45, 7) is 5.50. The molecule has 0 aliphatic carbocycles. The van der Waals surface area contributed by atoms with Crippen LogP contribution < -0.4 is 11.1 Å². The van der Waals surface area contributed by atoms with Gasteiger partial charge in [-0.05, 0) is 50.3 Å². The molecule has 1 aliphatic rings. The fourth-order valence-electron chi connectivity index (χ4n) is 3.89. The zero-order valence-electron chi connectivity index (χ0n) is 16.4. The quantitative estimate of drug-likeness (QED) is 0.696. The summed E-state index contributed by atoms with van der Waals surface area (Å²) in [6.07, 6.45) is 4.68. The molecule has 2 aromatic heterocycles. The molecule has 1 atom stereocenters. The van der Waals surface area contributed by atoms with Crippen molar-refractivity contribution < 1.29 is 4.79 Å². The summed E-state index contributed by atoms with van der Waals surface area (Å²) in [4.78, 5) is 15.0. The molecule has 0 unspecified atom stereocenters. The molecule has 0 radical (unpaired) electrons. The predicted molar refractivity (Wildman–Crippen MR) is 114 cm³/mol. The van der Waals surface area contributed by atoms with E-state index in [1.165, 1.54) is 16.0 Å². The van der Waals surface area contributed by atoms with E-state index in [4.69, 9.17) is 5.73 Å². The van der Waals surface area contributed by atoms with Crippen molar-refractivity contribution >= 4 is 17.2 Å². The van der Waals surface area contributed by atoms with Gasteiger partial charge in [-0.3, -0.25) is 9.48 Å². The zero-order chi connectivity index (χ0) is 19.7. The molecule has 0 bridgehead atoms. The number of thiophene rings is 1. The molecule has 0 saturated heterocycles. The number of hydrogen-bond acceptors (Lipinski definition) is 4. The lowest BCUT2D eigenvalue weighted by Gasteiger charge is -2.16. The Morgan fingerprint density at radius 1 is 1.36 bits per heavy atom. The summed E-state index contributed by atoms with van der Waals surface area (Å²) >= 11 is 1.60. The highest BCUT2D eigenvalue weighted by Gasteiger charge is 2.23. The molecular weight excluding hydrogens is 368 g/mol. The monoisotopic (exact) mass is 394 g/mol. The minimum absolute atomic E-state index is 0.0371. The van der Waals surface area contributed by atoms with Gasteiger partial charge in [-0.15, -0.1) is 11.3 Å². The van der Waals surface area contributed by atoms with E-state index in [0.29, 0.717) is 6.54 Å². The first-order valence-electron chi connectivity index (χ1n) is 9.77. The minimum atomic E-state index is -0.0801. The highest BCUT2D eigenvalue weighted by molar-refractivity contribution is 7.14. The average molecular weight is 395 g/mol. The zero-order valence-corrected chi connectivity index (χ0v) is 17.2. The Morgan fingerprint density at radius 2 is 2.21 bits per heavy atom. The number of benzene rings is 1. The Kier molecular flexibility index (Phi) is 5.33. The Hall–Kier alpha value is -2.44. The van der Waals surface area contributed by atoms with Gasteiger partial charge in [0.05, 0.1) is 16.8 Å². The van der Waals surface area contributed by atoms with Crippen molar-refractivity contribution in [1.82, 2.24) is 15.1 Å². The highest BCUT2D eigenvalue weighted by atomic mass is 32.1. The van der Waals surface area contributed by atoms with E-state index in [9.17, 15) is 4.79 Å². The van der Waals surface area contributed by atoms with E-state index < -0.39 is 0 Å². The van der Waals surface area contributed by atoms with Crippen molar-refractivity contribution in [2.24, 2.45) is 5.73 Å². The number of nitrogens with one attached hydrogen (secondary N) is 1. The number of fused-ring (bicyclic) bond motifs is 3. The highest BCUT2D eigenvalue weighted by Crippen LogP contribution is 2.36. The summed E-state index contributed by atoms with van der Waals surface area (Å²) in [6, 6.07) is 10.3. The summed E-state index contributed by atoms with van der Waals surface area (Å²) in [5, 5.41) is 7.62. The molecule has 0 saturated carbocycles. The van der Waals surface area contributed by atoms with Crippen LogP contribution in [0.3, 0.4) is 0 Å². The van der Waals surface area contributed by atoms with Crippen LogP contribution in [0.25, 0.3) is 11.3 Å². The second kappa shape index (κ2) is 7.89. The molecule has 1 aliphatic heterocycles. The number of aryl methyl sites for hydroxylation is 4. The van der Waals surface area contributed by atoms with E-state index in [-0.39, 0.29) is 11.9 Å². The van der Waals surface area contributed by atoms with Gasteiger partial charge in [0.2, 0.25) is 0 Å². The van der Waals surface area contributed by atoms with E-state index >= 15 is 0 Å². The van der Waals surface area contributed by atoms with Gasteiger partial charge in [0.15, 0.2) is 0 Å². The van der Waals surface area contributed by atoms with Crippen molar-refractivity contribution in [3.8, 4) is 11.3 Å². The summed E-state index contributed by atoms with van der Waals surface area (Å²) in [5.74, 6) is -0.0371. The van der Waals surface area contributed by atoms with Crippen LogP contribution in [0.15, 0.2) is 36.5 Å². The summed E-state index contributed by atoms with van der Waals surface area (Å²) in [7, 11) is 0. The second-order valence-electron chi connectivity index (χ2n) is 7.55. The third-order valence-corrected chi connectivity index (χ3v) is 6.46. The summed E-state index contributed by atoms with van der Waals surface area (Å²) in [5.41, 5.74) is 11.8. The van der Waals surface area contributed by atoms with Crippen molar-refractivity contribution in [3.05, 3.63) is 63.0 Å². The van der Waals surface area contributed by atoms with E-state index in [1.54, 1.807) is 11.3 Å². The maximum absolute atomic E-state index is 12.9. The Morgan fingerprint density at radius 3 is 3.00 bits per heavy atom. The number of amides is 1. The van der Waals surface area contributed by atoms with Gasteiger partial charge in [0.25, 0.3) is 5.91 Å². The van der Waals surface area contributed by atoms with Crippen molar-refractivity contribution in [2.45, 2.75) is 45.7 Å². The first-order chi connectivity index (χ1) is 13.5. The maximum atomic E-state index is 12.9. The van der Waals surface area contributed by atoms with Crippen LogP contribution in [-0.4, -0.2) is 28.3 Å². The Bertz CT molecular complexity index is 1000. The largest absolute Gasteiger partial charge is 0.347 e. The smallest absolute Gasteiger partial charge is 0.261 e. The van der Waals surface area contributed by atoms with Gasteiger partial charge in [-0.1, -0.05) is 29.8 Å². The lowest BCUT2D eigenvalue weighted by atomic mass is 10.0. The number of nitrogens with two attached hydrogens (primary N) is 1. The number of rotatable bonds is 5. The standard InChI is InChI=1S/C22H26N4OS/c1-14-5-3-6-16(9-14)10-17(12-23)25-22(27)20-11-18-19(28-20)7-4-8-26-21(18)15(2)13-24-26/h3,5-6,9,11,13,17H,4,7-8,10,12,23H2,1-2H3,(H,25,27)/t17-/m0/s1. The van der Waals surface area contributed by atoms with Gasteiger partial charge < -0.3 is 11.1 Å². The van der Waals surface area contributed by atoms with Crippen molar-refractivity contribution in [2.75, 3.05) is 6.54 Å². The van der Waals surface area contributed by atoms with Gasteiger partial charge in [0.1, 0.15) is 0 Å². The average Bonchev–Trinajstić information content (AvgIpc) is 3.20. The first kappa shape index (κ1) is 18.9. The molecule has 1 aromatic carbocycles.